The normalized spacial score (nSPS) is 21.6. The molecule has 1 aromatic rings. The number of dihydropyridines is 1. The third kappa shape index (κ3) is 3.68. The van der Waals surface area contributed by atoms with Crippen molar-refractivity contribution in [2.75, 3.05) is 0 Å². The number of nitrogens with one attached hydrogen (secondary N) is 1. The monoisotopic (exact) mass is 258 g/mol. The molecule has 2 heterocycles. The molecule has 0 radical (unpaired) electrons. The molecule has 0 saturated heterocycles. The predicted octanol–water partition coefficient (Wildman–Crippen LogP) is 2.80. The fourth-order valence-electron chi connectivity index (χ4n) is 2.19. The maximum Gasteiger partial charge on any atom is 0.303 e. The molecule has 1 aliphatic heterocycles. The Bertz CT molecular complexity index is 508. The van der Waals surface area contributed by atoms with E-state index in [0.29, 0.717) is 6.42 Å². The van der Waals surface area contributed by atoms with Gasteiger partial charge < -0.3 is 10.4 Å². The summed E-state index contributed by atoms with van der Waals surface area (Å²) in [4.78, 5) is 14.9. The van der Waals surface area contributed by atoms with Crippen LogP contribution in [-0.2, 0) is 4.79 Å². The van der Waals surface area contributed by atoms with Crippen LogP contribution >= 0.6 is 0 Å². The van der Waals surface area contributed by atoms with Gasteiger partial charge in [0.25, 0.3) is 0 Å². The Morgan fingerprint density at radius 3 is 3.00 bits per heavy atom. The van der Waals surface area contributed by atoms with Crippen molar-refractivity contribution in [3.63, 3.8) is 0 Å². The largest absolute Gasteiger partial charge is 0.481 e. The Hall–Kier alpha value is -2.10. The highest BCUT2D eigenvalue weighted by molar-refractivity contribution is 5.66. The predicted molar refractivity (Wildman–Crippen MR) is 74.1 cm³/mol. The molecule has 2 rings (SSSR count). The van der Waals surface area contributed by atoms with Crippen molar-refractivity contribution in [3.05, 3.63) is 48.4 Å². The average Bonchev–Trinajstić information content (AvgIpc) is 2.39. The average molecular weight is 258 g/mol. The molecule has 0 saturated carbocycles. The Morgan fingerprint density at radius 2 is 2.32 bits per heavy atom. The van der Waals surface area contributed by atoms with Crippen LogP contribution in [0.25, 0.3) is 5.70 Å². The zero-order valence-corrected chi connectivity index (χ0v) is 11.0. The van der Waals surface area contributed by atoms with Crippen LogP contribution in [0.5, 0.6) is 0 Å². The topological polar surface area (TPSA) is 62.2 Å². The standard InChI is InChI=1S/C15H18N2O2/c1-15(7-4-6-14(18)19)8-10-17-13(11-15)12-5-2-3-9-16-12/h2-3,5,8-11,17H,4,6-7H2,1H3,(H,18,19). The number of carboxylic acid groups (broad SMARTS) is 1. The maximum atomic E-state index is 10.6. The Kier molecular flexibility index (Phi) is 4.00. The van der Waals surface area contributed by atoms with E-state index in [1.165, 1.54) is 0 Å². The van der Waals surface area contributed by atoms with E-state index in [1.807, 2.05) is 24.4 Å². The molecule has 1 unspecified atom stereocenters. The van der Waals surface area contributed by atoms with Crippen molar-refractivity contribution in [1.29, 1.82) is 0 Å². The summed E-state index contributed by atoms with van der Waals surface area (Å²) in [5, 5.41) is 11.9. The maximum absolute atomic E-state index is 10.6. The van der Waals surface area contributed by atoms with Gasteiger partial charge in [-0.1, -0.05) is 19.1 Å². The molecular formula is C15H18N2O2. The van der Waals surface area contributed by atoms with Crippen molar-refractivity contribution in [3.8, 4) is 0 Å². The molecule has 0 aliphatic carbocycles. The summed E-state index contributed by atoms with van der Waals surface area (Å²) in [7, 11) is 0. The van der Waals surface area contributed by atoms with Gasteiger partial charge in [-0.25, -0.2) is 0 Å². The summed E-state index contributed by atoms with van der Waals surface area (Å²) in [6, 6.07) is 5.79. The van der Waals surface area contributed by atoms with Gasteiger partial charge in [0.15, 0.2) is 0 Å². The lowest BCUT2D eigenvalue weighted by Gasteiger charge is -2.27. The molecule has 19 heavy (non-hydrogen) atoms. The molecule has 1 aromatic heterocycles. The molecule has 1 atom stereocenters. The van der Waals surface area contributed by atoms with E-state index in [9.17, 15) is 4.79 Å². The number of allylic oxidation sites excluding steroid dienone is 2. The summed E-state index contributed by atoms with van der Waals surface area (Å²) in [6.45, 7) is 2.11. The molecule has 0 bridgehead atoms. The van der Waals surface area contributed by atoms with Crippen LogP contribution in [0.3, 0.4) is 0 Å². The van der Waals surface area contributed by atoms with Crippen molar-refractivity contribution < 1.29 is 9.90 Å². The van der Waals surface area contributed by atoms with Gasteiger partial charge in [0, 0.05) is 18.0 Å². The van der Waals surface area contributed by atoms with Crippen LogP contribution in [0.1, 0.15) is 31.9 Å². The number of rotatable bonds is 5. The molecule has 0 spiro atoms. The van der Waals surface area contributed by atoms with E-state index in [2.05, 4.69) is 29.4 Å². The van der Waals surface area contributed by atoms with Gasteiger partial charge in [0.1, 0.15) is 0 Å². The van der Waals surface area contributed by atoms with Crippen LogP contribution in [-0.4, -0.2) is 16.1 Å². The van der Waals surface area contributed by atoms with Gasteiger partial charge in [-0.05, 0) is 37.3 Å². The van der Waals surface area contributed by atoms with Crippen LogP contribution < -0.4 is 5.32 Å². The highest BCUT2D eigenvalue weighted by atomic mass is 16.4. The van der Waals surface area contributed by atoms with E-state index < -0.39 is 5.97 Å². The van der Waals surface area contributed by atoms with Crippen LogP contribution in [0.15, 0.2) is 42.7 Å². The number of carbonyl (C=O) groups is 1. The third-order valence-electron chi connectivity index (χ3n) is 3.22. The summed E-state index contributed by atoms with van der Waals surface area (Å²) in [6.07, 6.45) is 9.56. The van der Waals surface area contributed by atoms with Crippen LogP contribution in [0.4, 0.5) is 0 Å². The lowest BCUT2D eigenvalue weighted by atomic mass is 9.82. The molecule has 4 heteroatoms. The minimum absolute atomic E-state index is 0.118. The van der Waals surface area contributed by atoms with Crippen LogP contribution in [0, 0.1) is 5.41 Å². The highest BCUT2D eigenvalue weighted by Crippen LogP contribution is 2.32. The smallest absolute Gasteiger partial charge is 0.303 e. The van der Waals surface area contributed by atoms with Crippen LogP contribution in [0.2, 0.25) is 0 Å². The van der Waals surface area contributed by atoms with E-state index in [4.69, 9.17) is 5.11 Å². The second-order valence-corrected chi connectivity index (χ2v) is 5.00. The quantitative estimate of drug-likeness (QED) is 0.852. The fraction of sp³-hybridized carbons (Fsp3) is 0.333. The Balaban J connectivity index is 2.09. The number of carboxylic acids is 1. The van der Waals surface area contributed by atoms with E-state index in [1.54, 1.807) is 6.20 Å². The van der Waals surface area contributed by atoms with Crippen molar-refractivity contribution in [1.82, 2.24) is 10.3 Å². The van der Waals surface area contributed by atoms with Gasteiger partial charge in [-0.2, -0.15) is 0 Å². The van der Waals surface area contributed by atoms with Crippen molar-refractivity contribution in [2.24, 2.45) is 5.41 Å². The number of nitrogens with zero attached hydrogens (tertiary/aromatic N) is 1. The summed E-state index contributed by atoms with van der Waals surface area (Å²) >= 11 is 0. The third-order valence-corrected chi connectivity index (χ3v) is 3.22. The SMILES string of the molecule is CC1(CCCC(=O)O)C=CNC(c2ccccn2)=C1. The van der Waals surface area contributed by atoms with E-state index >= 15 is 0 Å². The molecule has 100 valence electrons. The summed E-state index contributed by atoms with van der Waals surface area (Å²) in [5.41, 5.74) is 1.75. The number of aromatic nitrogens is 1. The van der Waals surface area contributed by atoms with E-state index in [-0.39, 0.29) is 11.8 Å². The molecular weight excluding hydrogens is 240 g/mol. The second kappa shape index (κ2) is 5.69. The molecule has 0 aromatic carbocycles. The van der Waals surface area contributed by atoms with Gasteiger partial charge in [-0.3, -0.25) is 9.78 Å². The number of aliphatic carboxylic acids is 1. The van der Waals surface area contributed by atoms with Gasteiger partial charge >= 0.3 is 5.97 Å². The van der Waals surface area contributed by atoms with Gasteiger partial charge in [0.05, 0.1) is 11.4 Å². The lowest BCUT2D eigenvalue weighted by Crippen LogP contribution is -2.20. The first-order valence-corrected chi connectivity index (χ1v) is 6.39. The first-order valence-electron chi connectivity index (χ1n) is 6.39. The molecule has 1 aliphatic rings. The Morgan fingerprint density at radius 1 is 1.47 bits per heavy atom. The summed E-state index contributed by atoms with van der Waals surface area (Å²) in [5.74, 6) is -0.740. The van der Waals surface area contributed by atoms with Crippen molar-refractivity contribution >= 4 is 11.7 Å². The van der Waals surface area contributed by atoms with Gasteiger partial charge in [-0.15, -0.1) is 0 Å². The summed E-state index contributed by atoms with van der Waals surface area (Å²) < 4.78 is 0. The second-order valence-electron chi connectivity index (χ2n) is 5.00. The fourth-order valence-corrected chi connectivity index (χ4v) is 2.19. The minimum Gasteiger partial charge on any atom is -0.481 e. The zero-order valence-electron chi connectivity index (χ0n) is 11.0. The van der Waals surface area contributed by atoms with Gasteiger partial charge in [0.2, 0.25) is 0 Å². The molecule has 2 N–H and O–H groups in total. The highest BCUT2D eigenvalue weighted by Gasteiger charge is 2.22. The first kappa shape index (κ1) is 13.3. The molecule has 0 fully saturated rings. The zero-order chi connectivity index (χ0) is 13.7. The van der Waals surface area contributed by atoms with Crippen molar-refractivity contribution in [2.45, 2.75) is 26.2 Å². The molecule has 0 amide bonds. The molecule has 4 nitrogen and oxygen atoms in total. The minimum atomic E-state index is -0.740. The Labute approximate surface area is 112 Å². The number of hydrogen-bond donors (Lipinski definition) is 2. The first-order chi connectivity index (χ1) is 9.09. The number of pyridine rings is 1. The number of hydrogen-bond acceptors (Lipinski definition) is 3. The lowest BCUT2D eigenvalue weighted by molar-refractivity contribution is -0.137. The van der Waals surface area contributed by atoms with E-state index in [0.717, 1.165) is 17.8 Å².